The van der Waals surface area contributed by atoms with Crippen molar-refractivity contribution in [1.82, 2.24) is 15.1 Å². The van der Waals surface area contributed by atoms with Crippen LogP contribution in [-0.2, 0) is 11.3 Å². The molecule has 1 aliphatic heterocycles. The van der Waals surface area contributed by atoms with Gasteiger partial charge in [0.1, 0.15) is 5.82 Å². The van der Waals surface area contributed by atoms with Crippen LogP contribution in [0.5, 0.6) is 0 Å². The lowest BCUT2D eigenvalue weighted by Gasteiger charge is -2.33. The number of rotatable bonds is 5. The van der Waals surface area contributed by atoms with Crippen LogP contribution in [0.25, 0.3) is 0 Å². The molecule has 3 amide bonds. The molecule has 1 aromatic heterocycles. The van der Waals surface area contributed by atoms with Crippen molar-refractivity contribution in [3.63, 3.8) is 0 Å². The second-order valence-corrected chi connectivity index (χ2v) is 9.58. The molecule has 1 aliphatic carbocycles. The summed E-state index contributed by atoms with van der Waals surface area (Å²) >= 11 is 1.64. The molecule has 1 N–H and O–H groups in total. The van der Waals surface area contributed by atoms with E-state index >= 15 is 0 Å². The molecule has 0 radical (unpaired) electrons. The van der Waals surface area contributed by atoms with Crippen LogP contribution >= 0.6 is 11.3 Å². The Labute approximate surface area is 187 Å². The van der Waals surface area contributed by atoms with Gasteiger partial charge in [0.15, 0.2) is 0 Å². The Balaban J connectivity index is 1.21. The van der Waals surface area contributed by atoms with Gasteiger partial charge in [-0.2, -0.15) is 11.3 Å². The summed E-state index contributed by atoms with van der Waals surface area (Å²) in [6.07, 6.45) is 4.26. The summed E-state index contributed by atoms with van der Waals surface area (Å²) in [6.45, 7) is 1.87. The quantitative estimate of drug-likeness (QED) is 0.734. The highest BCUT2D eigenvalue weighted by atomic mass is 32.1. The summed E-state index contributed by atoms with van der Waals surface area (Å²) in [5, 5.41) is 7.27. The van der Waals surface area contributed by atoms with Crippen molar-refractivity contribution in [2.75, 3.05) is 20.1 Å². The number of nitrogens with one attached hydrogen (secondary N) is 1. The van der Waals surface area contributed by atoms with Crippen molar-refractivity contribution in [2.24, 2.45) is 5.92 Å². The van der Waals surface area contributed by atoms with E-state index in [-0.39, 0.29) is 29.7 Å². The van der Waals surface area contributed by atoms with Gasteiger partial charge in [0.25, 0.3) is 0 Å². The maximum atomic E-state index is 13.1. The molecule has 2 fully saturated rings. The third kappa shape index (κ3) is 5.45. The number of amides is 3. The first-order valence-corrected chi connectivity index (χ1v) is 12.0. The number of benzene rings is 1. The minimum Gasteiger partial charge on any atom is -0.341 e. The van der Waals surface area contributed by atoms with Gasteiger partial charge in [-0.1, -0.05) is 12.1 Å². The Hall–Kier alpha value is -2.41. The van der Waals surface area contributed by atoms with Crippen molar-refractivity contribution in [2.45, 2.75) is 50.6 Å². The maximum Gasteiger partial charge on any atom is 0.317 e. The topological polar surface area (TPSA) is 52.7 Å². The van der Waals surface area contributed by atoms with Gasteiger partial charge in [-0.25, -0.2) is 9.18 Å². The van der Waals surface area contributed by atoms with Gasteiger partial charge in [0.2, 0.25) is 5.91 Å². The molecule has 2 heterocycles. The number of hydrogen-bond donors (Lipinski definition) is 1. The van der Waals surface area contributed by atoms with E-state index < -0.39 is 0 Å². The predicted molar refractivity (Wildman–Crippen MR) is 120 cm³/mol. The van der Waals surface area contributed by atoms with Crippen molar-refractivity contribution in [3.8, 4) is 0 Å². The van der Waals surface area contributed by atoms with E-state index in [1.54, 1.807) is 16.2 Å². The highest BCUT2D eigenvalue weighted by molar-refractivity contribution is 7.07. The molecule has 5 nitrogen and oxygen atoms in total. The average Bonchev–Trinajstić information content (AvgIpc) is 3.46. The molecule has 7 heteroatoms. The number of likely N-dealkylation sites (tertiary alicyclic amines) is 1. The summed E-state index contributed by atoms with van der Waals surface area (Å²) < 4.78 is 13.1. The zero-order chi connectivity index (χ0) is 21.8. The minimum atomic E-state index is -0.217. The summed E-state index contributed by atoms with van der Waals surface area (Å²) in [5.41, 5.74) is 2.30. The number of hydrogen-bond acceptors (Lipinski definition) is 3. The second kappa shape index (κ2) is 9.81. The van der Waals surface area contributed by atoms with E-state index in [9.17, 15) is 14.0 Å². The zero-order valence-electron chi connectivity index (χ0n) is 17.9. The first-order chi connectivity index (χ1) is 15.0. The van der Waals surface area contributed by atoms with E-state index in [0.717, 1.165) is 30.4 Å². The van der Waals surface area contributed by atoms with Crippen LogP contribution in [0, 0.1) is 11.7 Å². The van der Waals surface area contributed by atoms with Crippen LogP contribution in [0.3, 0.4) is 0 Å². The van der Waals surface area contributed by atoms with Crippen LogP contribution in [0.4, 0.5) is 9.18 Å². The highest BCUT2D eigenvalue weighted by Crippen LogP contribution is 2.34. The number of carbonyl (C=O) groups excluding carboxylic acids is 2. The third-order valence-electron chi connectivity index (χ3n) is 6.61. The molecule has 2 aliphatic rings. The molecular weight excluding hydrogens is 413 g/mol. The molecule has 1 aromatic carbocycles. The molecular formula is C24H30FN3O2S. The summed E-state index contributed by atoms with van der Waals surface area (Å²) in [7, 11) is 1.86. The van der Waals surface area contributed by atoms with Crippen molar-refractivity contribution in [3.05, 3.63) is 58.0 Å². The molecule has 2 aromatic rings. The van der Waals surface area contributed by atoms with Crippen molar-refractivity contribution >= 4 is 23.3 Å². The van der Waals surface area contributed by atoms with Crippen molar-refractivity contribution < 1.29 is 14.0 Å². The number of thiophene rings is 1. The fraction of sp³-hybridized carbons (Fsp3) is 0.500. The monoisotopic (exact) mass is 443 g/mol. The van der Waals surface area contributed by atoms with Gasteiger partial charge < -0.3 is 15.1 Å². The van der Waals surface area contributed by atoms with Gasteiger partial charge in [-0.05, 0) is 78.1 Å². The normalized spacial score (nSPS) is 21.8. The second-order valence-electron chi connectivity index (χ2n) is 8.80. The minimum absolute atomic E-state index is 0.0120. The first-order valence-electron chi connectivity index (χ1n) is 11.1. The molecule has 1 saturated carbocycles. The molecule has 31 heavy (non-hydrogen) atoms. The molecule has 2 atom stereocenters. The van der Waals surface area contributed by atoms with E-state index in [0.29, 0.717) is 38.4 Å². The molecule has 166 valence electrons. The van der Waals surface area contributed by atoms with E-state index in [1.165, 1.54) is 12.1 Å². The van der Waals surface area contributed by atoms with Crippen LogP contribution in [0.15, 0.2) is 41.1 Å². The third-order valence-corrected chi connectivity index (χ3v) is 7.34. The molecule has 1 saturated heterocycles. The van der Waals surface area contributed by atoms with Gasteiger partial charge in [0, 0.05) is 38.6 Å². The molecule has 4 rings (SSSR count). The molecule has 2 unspecified atom stereocenters. The Morgan fingerprint density at radius 3 is 2.55 bits per heavy atom. The lowest BCUT2D eigenvalue weighted by Crippen LogP contribution is -2.49. The van der Waals surface area contributed by atoms with Gasteiger partial charge >= 0.3 is 6.03 Å². The highest BCUT2D eigenvalue weighted by Gasteiger charge is 2.32. The van der Waals surface area contributed by atoms with Crippen LogP contribution in [0.2, 0.25) is 0 Å². The Morgan fingerprint density at radius 2 is 1.87 bits per heavy atom. The Morgan fingerprint density at radius 1 is 1.13 bits per heavy atom. The number of carbonyl (C=O) groups is 2. The van der Waals surface area contributed by atoms with Crippen molar-refractivity contribution in [1.29, 1.82) is 0 Å². The van der Waals surface area contributed by atoms with E-state index in [1.807, 2.05) is 35.5 Å². The average molecular weight is 444 g/mol. The smallest absolute Gasteiger partial charge is 0.317 e. The standard InChI is InChI=1S/C24H30FN3O2S/c1-27(15-17-10-13-31-16-17)23(29)19-8-11-28(12-9-19)24(30)26-22-7-4-20(14-22)18-2-5-21(25)6-3-18/h2-3,5-6,10,13,16,19-20,22H,4,7-9,11-12,14-15H2,1H3,(H,26,30). The van der Waals surface area contributed by atoms with Crippen LogP contribution < -0.4 is 5.32 Å². The predicted octanol–water partition coefficient (Wildman–Crippen LogP) is 4.60. The number of halogens is 1. The van der Waals surface area contributed by atoms with E-state index in [2.05, 4.69) is 10.7 Å². The zero-order valence-corrected chi connectivity index (χ0v) is 18.7. The number of piperidine rings is 1. The maximum absolute atomic E-state index is 13.1. The summed E-state index contributed by atoms with van der Waals surface area (Å²) in [5.74, 6) is 0.311. The van der Waals surface area contributed by atoms with E-state index in [4.69, 9.17) is 0 Å². The Kier molecular flexibility index (Phi) is 6.90. The number of urea groups is 1. The van der Waals surface area contributed by atoms with Gasteiger partial charge in [0.05, 0.1) is 0 Å². The van der Waals surface area contributed by atoms with Crippen LogP contribution in [-0.4, -0.2) is 47.9 Å². The summed E-state index contributed by atoms with van der Waals surface area (Å²) in [4.78, 5) is 29.1. The lowest BCUT2D eigenvalue weighted by molar-refractivity contribution is -0.136. The first kappa shape index (κ1) is 21.8. The SMILES string of the molecule is CN(Cc1ccsc1)C(=O)C1CCN(C(=O)NC2CCC(c3ccc(F)cc3)C2)CC1. The molecule has 0 bridgehead atoms. The lowest BCUT2D eigenvalue weighted by atomic mass is 9.95. The fourth-order valence-corrected chi connectivity index (χ4v) is 5.45. The summed E-state index contributed by atoms with van der Waals surface area (Å²) in [6, 6.07) is 8.88. The van der Waals surface area contributed by atoms with Gasteiger partial charge in [-0.15, -0.1) is 0 Å². The largest absolute Gasteiger partial charge is 0.341 e. The number of nitrogens with zero attached hydrogens (tertiary/aromatic N) is 2. The van der Waals surface area contributed by atoms with Gasteiger partial charge in [-0.3, -0.25) is 4.79 Å². The Bertz CT molecular complexity index is 879. The fourth-order valence-electron chi connectivity index (χ4n) is 4.79. The molecule has 0 spiro atoms. The van der Waals surface area contributed by atoms with Crippen LogP contribution in [0.1, 0.15) is 49.1 Å².